The van der Waals surface area contributed by atoms with Gasteiger partial charge in [0, 0.05) is 29.7 Å². The van der Waals surface area contributed by atoms with Crippen molar-refractivity contribution >= 4 is 39.1 Å². The number of likely N-dealkylation sites (tertiary alicyclic amines) is 1. The molecule has 1 aliphatic heterocycles. The van der Waals surface area contributed by atoms with Gasteiger partial charge in [-0.25, -0.2) is 17.5 Å². The number of amides is 1. The number of nitrogens with zero attached hydrogens (tertiary/aromatic N) is 1. The number of piperidine rings is 1. The van der Waals surface area contributed by atoms with E-state index in [-0.39, 0.29) is 17.6 Å². The van der Waals surface area contributed by atoms with E-state index >= 15 is 0 Å². The van der Waals surface area contributed by atoms with E-state index in [0.717, 1.165) is 49.9 Å². The number of ether oxygens (including phenoxy) is 1. The first-order valence-electron chi connectivity index (χ1n) is 11.9. The third kappa shape index (κ3) is 6.10. The van der Waals surface area contributed by atoms with Gasteiger partial charge in [0.2, 0.25) is 10.0 Å². The zero-order valence-electron chi connectivity index (χ0n) is 19.1. The molecule has 0 radical (unpaired) electrons. The van der Waals surface area contributed by atoms with Gasteiger partial charge in [-0.05, 0) is 85.9 Å². The molecule has 188 valence electrons. The first-order valence-corrected chi connectivity index (χ1v) is 14.2. The normalized spacial score (nSPS) is 19.5. The molecular formula is C25H27Cl2FN2O4S. The molecule has 2 aromatic rings. The lowest BCUT2D eigenvalue weighted by atomic mass is 9.97. The summed E-state index contributed by atoms with van der Waals surface area (Å²) in [6, 6.07) is 8.12. The lowest BCUT2D eigenvalue weighted by molar-refractivity contribution is 0.0961. The van der Waals surface area contributed by atoms with Crippen molar-refractivity contribution in [1.29, 1.82) is 0 Å². The Kier molecular flexibility index (Phi) is 7.00. The minimum Gasteiger partial charge on any atom is -0.490 e. The smallest absolute Gasteiger partial charge is 0.267 e. The fourth-order valence-electron chi connectivity index (χ4n) is 4.58. The number of hydrogen-bond acceptors (Lipinski definition) is 5. The van der Waals surface area contributed by atoms with Gasteiger partial charge in [0.25, 0.3) is 5.91 Å². The van der Waals surface area contributed by atoms with Crippen LogP contribution >= 0.6 is 23.2 Å². The van der Waals surface area contributed by atoms with Gasteiger partial charge in [0.15, 0.2) is 0 Å². The van der Waals surface area contributed by atoms with E-state index in [1.165, 1.54) is 6.07 Å². The summed E-state index contributed by atoms with van der Waals surface area (Å²) in [6.45, 7) is 2.14. The minimum absolute atomic E-state index is 0.0416. The molecule has 1 N–H and O–H groups in total. The second-order valence-corrected chi connectivity index (χ2v) is 12.5. The van der Waals surface area contributed by atoms with Crippen LogP contribution in [-0.4, -0.2) is 43.7 Å². The molecule has 0 spiro atoms. The molecule has 0 atom stereocenters. The van der Waals surface area contributed by atoms with Gasteiger partial charge in [-0.2, -0.15) is 0 Å². The SMILES string of the molecule is O=C(NS(=O)(=O)C1CC1)c1cc(C2CC2)c(CN2CCC(Oc3cc(Cl)cc(Cl)c3)CC2)cc1F. The van der Waals surface area contributed by atoms with Crippen molar-refractivity contribution < 1.29 is 22.3 Å². The molecule has 0 aromatic heterocycles. The maximum atomic E-state index is 15.0. The van der Waals surface area contributed by atoms with Gasteiger partial charge in [0.1, 0.15) is 17.7 Å². The standard InChI is InChI=1S/C25H27Cl2FN2O4S/c26-17-10-18(27)12-20(11-17)34-19-5-7-30(8-6-19)14-16-9-24(28)23(13-22(16)15-1-2-15)25(31)29-35(32,33)21-3-4-21/h9-13,15,19,21H,1-8,14H2,(H,29,31). The molecular weight excluding hydrogens is 514 g/mol. The van der Waals surface area contributed by atoms with Crippen LogP contribution in [0.15, 0.2) is 30.3 Å². The van der Waals surface area contributed by atoms with Crippen LogP contribution in [0.3, 0.4) is 0 Å². The van der Waals surface area contributed by atoms with E-state index in [2.05, 4.69) is 4.90 Å². The zero-order valence-corrected chi connectivity index (χ0v) is 21.4. The van der Waals surface area contributed by atoms with E-state index in [0.29, 0.717) is 35.2 Å². The highest BCUT2D eigenvalue weighted by Crippen LogP contribution is 2.43. The van der Waals surface area contributed by atoms with Crippen molar-refractivity contribution in [3.05, 3.63) is 62.9 Å². The molecule has 3 aliphatic rings. The summed E-state index contributed by atoms with van der Waals surface area (Å²) < 4.78 is 47.4. The fourth-order valence-corrected chi connectivity index (χ4v) is 6.38. The van der Waals surface area contributed by atoms with Crippen LogP contribution in [0.5, 0.6) is 5.75 Å². The molecule has 1 heterocycles. The van der Waals surface area contributed by atoms with Gasteiger partial charge in [-0.1, -0.05) is 23.2 Å². The second kappa shape index (κ2) is 9.88. The molecule has 6 nitrogen and oxygen atoms in total. The maximum absolute atomic E-state index is 15.0. The Hall–Kier alpha value is -1.87. The van der Waals surface area contributed by atoms with Crippen LogP contribution in [-0.2, 0) is 16.6 Å². The molecule has 35 heavy (non-hydrogen) atoms. The first kappa shape index (κ1) is 24.8. The molecule has 1 saturated heterocycles. The molecule has 2 saturated carbocycles. The predicted octanol–water partition coefficient (Wildman–Crippen LogP) is 5.28. The number of carbonyl (C=O) groups excluding carboxylic acids is 1. The van der Waals surface area contributed by atoms with Crippen LogP contribution in [0.2, 0.25) is 10.0 Å². The Morgan fingerprint density at radius 1 is 1.00 bits per heavy atom. The number of rotatable bonds is 8. The highest BCUT2D eigenvalue weighted by atomic mass is 35.5. The Bertz CT molecular complexity index is 1220. The van der Waals surface area contributed by atoms with Crippen molar-refractivity contribution in [2.75, 3.05) is 13.1 Å². The van der Waals surface area contributed by atoms with E-state index < -0.39 is 27.0 Å². The lowest BCUT2D eigenvalue weighted by Gasteiger charge is -2.32. The van der Waals surface area contributed by atoms with Gasteiger partial charge >= 0.3 is 0 Å². The second-order valence-electron chi connectivity index (χ2n) is 9.68. The molecule has 2 aliphatic carbocycles. The quantitative estimate of drug-likeness (QED) is 0.493. The topological polar surface area (TPSA) is 75.7 Å². The fraction of sp³-hybridized carbons (Fsp3) is 0.480. The zero-order chi connectivity index (χ0) is 24.7. The van der Waals surface area contributed by atoms with Crippen LogP contribution in [0.4, 0.5) is 4.39 Å². The average molecular weight is 541 g/mol. The van der Waals surface area contributed by atoms with Gasteiger partial charge < -0.3 is 4.74 Å². The maximum Gasteiger partial charge on any atom is 0.267 e. The van der Waals surface area contributed by atoms with Crippen molar-refractivity contribution in [1.82, 2.24) is 9.62 Å². The summed E-state index contributed by atoms with van der Waals surface area (Å²) in [5.74, 6) is -0.645. The van der Waals surface area contributed by atoms with Crippen LogP contribution in [0.25, 0.3) is 0 Å². The van der Waals surface area contributed by atoms with Gasteiger partial charge in [-0.15, -0.1) is 0 Å². The molecule has 2 aromatic carbocycles. The summed E-state index contributed by atoms with van der Waals surface area (Å²) in [4.78, 5) is 14.8. The Labute approximate surface area is 214 Å². The Morgan fingerprint density at radius 2 is 1.66 bits per heavy atom. The molecule has 5 rings (SSSR count). The average Bonchev–Trinajstić information content (AvgIpc) is 3.67. The molecule has 10 heteroatoms. The summed E-state index contributed by atoms with van der Waals surface area (Å²) in [5, 5.41) is 0.517. The Morgan fingerprint density at radius 3 is 2.26 bits per heavy atom. The van der Waals surface area contributed by atoms with E-state index in [1.54, 1.807) is 24.3 Å². The summed E-state index contributed by atoms with van der Waals surface area (Å²) in [5.41, 5.74) is 1.59. The number of hydrogen-bond donors (Lipinski definition) is 1. The van der Waals surface area contributed by atoms with Gasteiger partial charge in [0.05, 0.1) is 10.8 Å². The largest absolute Gasteiger partial charge is 0.490 e. The van der Waals surface area contributed by atoms with E-state index in [1.807, 2.05) is 4.72 Å². The minimum atomic E-state index is -3.74. The number of halogens is 3. The van der Waals surface area contributed by atoms with Crippen LogP contribution in [0.1, 0.15) is 65.9 Å². The number of sulfonamides is 1. The molecule has 0 unspecified atom stereocenters. The van der Waals surface area contributed by atoms with E-state index in [4.69, 9.17) is 27.9 Å². The molecule has 0 bridgehead atoms. The third-order valence-electron chi connectivity index (χ3n) is 6.76. The highest BCUT2D eigenvalue weighted by Gasteiger charge is 2.38. The number of benzene rings is 2. The lowest BCUT2D eigenvalue weighted by Crippen LogP contribution is -2.38. The highest BCUT2D eigenvalue weighted by molar-refractivity contribution is 7.91. The van der Waals surface area contributed by atoms with Crippen LogP contribution < -0.4 is 9.46 Å². The van der Waals surface area contributed by atoms with E-state index in [9.17, 15) is 17.6 Å². The van der Waals surface area contributed by atoms with Crippen molar-refractivity contribution in [2.24, 2.45) is 0 Å². The Balaban J connectivity index is 1.24. The van der Waals surface area contributed by atoms with Gasteiger partial charge in [-0.3, -0.25) is 9.69 Å². The number of carbonyl (C=O) groups is 1. The van der Waals surface area contributed by atoms with Crippen molar-refractivity contribution in [3.8, 4) is 5.75 Å². The van der Waals surface area contributed by atoms with Crippen LogP contribution in [0, 0.1) is 5.82 Å². The first-order chi connectivity index (χ1) is 16.7. The predicted molar refractivity (Wildman–Crippen MR) is 133 cm³/mol. The summed E-state index contributed by atoms with van der Waals surface area (Å²) in [6.07, 6.45) is 4.70. The summed E-state index contributed by atoms with van der Waals surface area (Å²) >= 11 is 12.1. The van der Waals surface area contributed by atoms with Crippen molar-refractivity contribution in [2.45, 2.75) is 62.3 Å². The van der Waals surface area contributed by atoms with Crippen molar-refractivity contribution in [3.63, 3.8) is 0 Å². The third-order valence-corrected chi connectivity index (χ3v) is 9.01. The molecule has 3 fully saturated rings. The summed E-state index contributed by atoms with van der Waals surface area (Å²) in [7, 11) is -3.74. The molecule has 1 amide bonds. The monoisotopic (exact) mass is 540 g/mol. The number of nitrogens with one attached hydrogen (secondary N) is 1.